The molecule has 0 saturated heterocycles. The predicted molar refractivity (Wildman–Crippen MR) is 119 cm³/mol. The number of aromatic amines is 2. The van der Waals surface area contributed by atoms with Crippen LogP contribution in [0.25, 0.3) is 33.7 Å². The van der Waals surface area contributed by atoms with E-state index in [1.807, 2.05) is 38.1 Å². The van der Waals surface area contributed by atoms with Crippen molar-refractivity contribution >= 4 is 17.1 Å². The first-order valence-corrected chi connectivity index (χ1v) is 10.1. The number of nitrogens with zero attached hydrogens (tertiary/aromatic N) is 2. The van der Waals surface area contributed by atoms with Crippen LogP contribution in [0.1, 0.15) is 19.4 Å². The summed E-state index contributed by atoms with van der Waals surface area (Å²) in [5.41, 5.74) is 3.55. The third kappa shape index (κ3) is 4.18. The fraction of sp³-hybridized carbons (Fsp3) is 0.217. The largest absolute Gasteiger partial charge is 0.493 e. The molecular weight excluding hydrogens is 412 g/mol. The van der Waals surface area contributed by atoms with Crippen molar-refractivity contribution in [3.8, 4) is 34.0 Å². The van der Waals surface area contributed by atoms with Crippen molar-refractivity contribution in [3.63, 3.8) is 0 Å². The molecule has 0 aliphatic rings. The monoisotopic (exact) mass is 434 g/mol. The Balaban J connectivity index is 1.77. The fourth-order valence-electron chi connectivity index (χ4n) is 3.38. The SMILES string of the molecule is CCOc1cc(-c2cc(C)cc(O[C@@H](C)C(=O)O)c2)ccc1-c1nc2nc[nH]c2c(=O)[nH]1. The van der Waals surface area contributed by atoms with Crippen molar-refractivity contribution < 1.29 is 19.4 Å². The molecular formula is C23H22N4O5. The smallest absolute Gasteiger partial charge is 0.344 e. The average Bonchev–Trinajstić information content (AvgIpc) is 3.23. The van der Waals surface area contributed by atoms with Crippen LogP contribution < -0.4 is 15.0 Å². The molecule has 0 unspecified atom stereocenters. The molecule has 2 heterocycles. The summed E-state index contributed by atoms with van der Waals surface area (Å²) >= 11 is 0. The van der Waals surface area contributed by atoms with E-state index in [1.54, 1.807) is 12.1 Å². The Morgan fingerprint density at radius 1 is 1.19 bits per heavy atom. The van der Waals surface area contributed by atoms with Gasteiger partial charge in [-0.25, -0.2) is 14.8 Å². The summed E-state index contributed by atoms with van der Waals surface area (Å²) < 4.78 is 11.4. The van der Waals surface area contributed by atoms with Gasteiger partial charge in [0.1, 0.15) is 17.3 Å². The van der Waals surface area contributed by atoms with E-state index in [9.17, 15) is 9.59 Å². The lowest BCUT2D eigenvalue weighted by atomic mass is 10.0. The van der Waals surface area contributed by atoms with Crippen LogP contribution in [-0.2, 0) is 4.79 Å². The van der Waals surface area contributed by atoms with Crippen molar-refractivity contribution in [1.29, 1.82) is 0 Å². The van der Waals surface area contributed by atoms with E-state index < -0.39 is 12.1 Å². The number of fused-ring (bicyclic) bond motifs is 1. The third-order valence-electron chi connectivity index (χ3n) is 4.88. The molecule has 1 atom stereocenters. The van der Waals surface area contributed by atoms with Crippen LogP contribution >= 0.6 is 0 Å². The number of hydrogen-bond donors (Lipinski definition) is 3. The van der Waals surface area contributed by atoms with Gasteiger partial charge in [0, 0.05) is 0 Å². The quantitative estimate of drug-likeness (QED) is 0.405. The summed E-state index contributed by atoms with van der Waals surface area (Å²) in [7, 11) is 0. The van der Waals surface area contributed by atoms with E-state index >= 15 is 0 Å². The number of benzene rings is 2. The molecule has 0 aliphatic carbocycles. The van der Waals surface area contributed by atoms with Gasteiger partial charge in [-0.15, -0.1) is 0 Å². The highest BCUT2D eigenvalue weighted by atomic mass is 16.5. The van der Waals surface area contributed by atoms with E-state index in [4.69, 9.17) is 14.6 Å². The number of carbonyl (C=O) groups is 1. The number of nitrogens with one attached hydrogen (secondary N) is 2. The third-order valence-corrected chi connectivity index (χ3v) is 4.88. The normalized spacial score (nSPS) is 12.0. The van der Waals surface area contributed by atoms with Crippen LogP contribution in [0.5, 0.6) is 11.5 Å². The molecule has 9 nitrogen and oxygen atoms in total. The van der Waals surface area contributed by atoms with Gasteiger partial charge in [-0.05, 0) is 61.7 Å². The minimum atomic E-state index is -1.04. The van der Waals surface area contributed by atoms with Crippen LogP contribution in [0.3, 0.4) is 0 Å². The first kappa shape index (κ1) is 21.1. The topological polar surface area (TPSA) is 130 Å². The first-order chi connectivity index (χ1) is 15.4. The molecule has 2 aromatic heterocycles. The van der Waals surface area contributed by atoms with E-state index in [0.717, 1.165) is 16.7 Å². The minimum absolute atomic E-state index is 0.311. The highest BCUT2D eigenvalue weighted by molar-refractivity contribution is 5.77. The van der Waals surface area contributed by atoms with Gasteiger partial charge in [-0.2, -0.15) is 0 Å². The number of aliphatic carboxylic acids is 1. The molecule has 0 amide bonds. The van der Waals surface area contributed by atoms with Gasteiger partial charge in [0.05, 0.1) is 18.5 Å². The number of aromatic nitrogens is 4. The maximum absolute atomic E-state index is 12.3. The van der Waals surface area contributed by atoms with Crippen LogP contribution in [0.15, 0.2) is 47.5 Å². The highest BCUT2D eigenvalue weighted by Crippen LogP contribution is 2.34. The Morgan fingerprint density at radius 3 is 2.75 bits per heavy atom. The lowest BCUT2D eigenvalue weighted by Crippen LogP contribution is -2.22. The van der Waals surface area contributed by atoms with Gasteiger partial charge in [0.25, 0.3) is 5.56 Å². The second kappa shape index (κ2) is 8.54. The van der Waals surface area contributed by atoms with Gasteiger partial charge in [-0.3, -0.25) is 4.79 Å². The van der Waals surface area contributed by atoms with E-state index in [2.05, 4.69) is 19.9 Å². The van der Waals surface area contributed by atoms with Gasteiger partial charge in [-0.1, -0.05) is 12.1 Å². The number of ether oxygens (including phenoxy) is 2. The minimum Gasteiger partial charge on any atom is -0.493 e. The zero-order valence-corrected chi connectivity index (χ0v) is 17.8. The number of rotatable bonds is 7. The number of H-pyrrole nitrogens is 2. The number of aryl methyl sites for hydroxylation is 1. The Bertz CT molecular complexity index is 1360. The van der Waals surface area contributed by atoms with Crippen molar-refractivity contribution in [3.05, 3.63) is 58.6 Å². The zero-order chi connectivity index (χ0) is 22.8. The Labute approximate surface area is 183 Å². The molecule has 3 N–H and O–H groups in total. The van der Waals surface area contributed by atoms with E-state index in [1.165, 1.54) is 13.3 Å². The summed E-state index contributed by atoms with van der Waals surface area (Å²) in [4.78, 5) is 37.5. The second-order valence-corrected chi connectivity index (χ2v) is 7.29. The fourth-order valence-corrected chi connectivity index (χ4v) is 3.38. The molecule has 0 spiro atoms. The Morgan fingerprint density at radius 2 is 2.00 bits per heavy atom. The van der Waals surface area contributed by atoms with Crippen molar-refractivity contribution in [1.82, 2.24) is 19.9 Å². The average molecular weight is 434 g/mol. The van der Waals surface area contributed by atoms with Gasteiger partial charge >= 0.3 is 5.97 Å². The molecule has 0 aliphatic heterocycles. The molecule has 4 aromatic rings. The number of hydrogen-bond acceptors (Lipinski definition) is 6. The summed E-state index contributed by atoms with van der Waals surface area (Å²) in [6.07, 6.45) is 0.456. The molecule has 2 aromatic carbocycles. The summed E-state index contributed by atoms with van der Waals surface area (Å²) in [5.74, 6) is 0.331. The van der Waals surface area contributed by atoms with Gasteiger partial charge < -0.3 is 24.5 Å². The van der Waals surface area contributed by atoms with Crippen molar-refractivity contribution in [2.24, 2.45) is 0 Å². The molecule has 0 bridgehead atoms. The predicted octanol–water partition coefficient (Wildman–Crippen LogP) is 3.54. The maximum Gasteiger partial charge on any atom is 0.344 e. The van der Waals surface area contributed by atoms with Crippen LogP contribution in [-0.4, -0.2) is 43.7 Å². The molecule has 0 saturated carbocycles. The van der Waals surface area contributed by atoms with Crippen molar-refractivity contribution in [2.75, 3.05) is 6.61 Å². The lowest BCUT2D eigenvalue weighted by molar-refractivity contribution is -0.144. The maximum atomic E-state index is 12.3. The van der Waals surface area contributed by atoms with Crippen LogP contribution in [0, 0.1) is 6.92 Å². The summed E-state index contributed by atoms with van der Waals surface area (Å²) in [5, 5.41) is 9.13. The summed E-state index contributed by atoms with van der Waals surface area (Å²) in [6.45, 7) is 5.68. The molecule has 164 valence electrons. The molecule has 0 radical (unpaired) electrons. The Kier molecular flexibility index (Phi) is 5.63. The standard InChI is InChI=1S/C23H22N4O5/c1-4-31-18-10-14(15-7-12(2)8-16(9-15)32-13(3)23(29)30)5-6-17(18)20-26-21-19(22(28)27-20)24-11-25-21/h5-11,13H,4H2,1-3H3,(H,29,30)(H2,24,25,26,27,28)/t13-/m0/s1. The molecule has 32 heavy (non-hydrogen) atoms. The second-order valence-electron chi connectivity index (χ2n) is 7.29. The number of imidazole rings is 1. The van der Waals surface area contributed by atoms with Gasteiger partial charge in [0.15, 0.2) is 17.3 Å². The van der Waals surface area contributed by atoms with Crippen molar-refractivity contribution in [2.45, 2.75) is 26.9 Å². The molecule has 0 fully saturated rings. The zero-order valence-electron chi connectivity index (χ0n) is 17.8. The molecule has 4 rings (SSSR count). The van der Waals surface area contributed by atoms with Gasteiger partial charge in [0.2, 0.25) is 0 Å². The number of carboxylic acid groups (broad SMARTS) is 1. The van der Waals surface area contributed by atoms with E-state index in [-0.39, 0.29) is 5.56 Å². The molecule has 9 heteroatoms. The number of carboxylic acids is 1. The lowest BCUT2D eigenvalue weighted by Gasteiger charge is -2.15. The first-order valence-electron chi connectivity index (χ1n) is 10.1. The van der Waals surface area contributed by atoms with Crippen LogP contribution in [0.2, 0.25) is 0 Å². The Hall–Kier alpha value is -4.14. The van der Waals surface area contributed by atoms with Crippen LogP contribution in [0.4, 0.5) is 0 Å². The highest BCUT2D eigenvalue weighted by Gasteiger charge is 2.16. The summed E-state index contributed by atoms with van der Waals surface area (Å²) in [6, 6.07) is 11.1. The van der Waals surface area contributed by atoms with E-state index in [0.29, 0.717) is 40.7 Å².